The Labute approximate surface area is 183 Å². The third kappa shape index (κ3) is 4.88. The molecule has 0 unspecified atom stereocenters. The molecule has 0 aromatic heterocycles. The maximum absolute atomic E-state index is 5.73. The highest BCUT2D eigenvalue weighted by Crippen LogP contribution is 2.40. The Balaban J connectivity index is 1.44. The fraction of sp³-hybridized carbons (Fsp3) is 0.458. The maximum Gasteiger partial charge on any atom is 0.231 e. The lowest BCUT2D eigenvalue weighted by atomic mass is 9.74. The zero-order chi connectivity index (χ0) is 21.5. The van der Waals surface area contributed by atoms with E-state index in [0.29, 0.717) is 13.2 Å². The van der Waals surface area contributed by atoms with E-state index in [2.05, 4.69) is 33.8 Å². The van der Waals surface area contributed by atoms with Crippen molar-refractivity contribution in [3.63, 3.8) is 0 Å². The summed E-state index contributed by atoms with van der Waals surface area (Å²) in [7, 11) is 1.79. The third-order valence-electron chi connectivity index (χ3n) is 5.97. The lowest BCUT2D eigenvalue weighted by Gasteiger charge is -2.38. The van der Waals surface area contributed by atoms with Crippen molar-refractivity contribution in [1.82, 2.24) is 10.6 Å². The normalized spacial score (nSPS) is 17.3. The number of ether oxygens (including phenoxy) is 4. The van der Waals surface area contributed by atoms with Gasteiger partial charge in [-0.3, -0.25) is 4.99 Å². The smallest absolute Gasteiger partial charge is 0.231 e. The molecule has 7 heteroatoms. The molecule has 7 nitrogen and oxygen atoms in total. The fourth-order valence-corrected chi connectivity index (χ4v) is 4.15. The lowest BCUT2D eigenvalue weighted by molar-refractivity contribution is 0.0513. The van der Waals surface area contributed by atoms with Crippen LogP contribution in [-0.4, -0.2) is 46.2 Å². The summed E-state index contributed by atoms with van der Waals surface area (Å²) in [6, 6.07) is 14.3. The van der Waals surface area contributed by atoms with E-state index in [1.807, 2.05) is 31.2 Å². The molecule has 166 valence electrons. The molecule has 1 saturated heterocycles. The number of aliphatic imine (C=N–C) groups is 1. The van der Waals surface area contributed by atoms with Crippen LogP contribution in [0.1, 0.15) is 30.9 Å². The van der Waals surface area contributed by atoms with Crippen molar-refractivity contribution in [2.75, 3.05) is 40.2 Å². The molecule has 2 aliphatic heterocycles. The molecule has 0 radical (unpaired) electrons. The number of benzene rings is 2. The van der Waals surface area contributed by atoms with Crippen LogP contribution in [0.25, 0.3) is 0 Å². The average molecular weight is 426 g/mol. The lowest BCUT2D eigenvalue weighted by Crippen LogP contribution is -2.47. The van der Waals surface area contributed by atoms with Crippen molar-refractivity contribution < 1.29 is 18.9 Å². The van der Waals surface area contributed by atoms with Gasteiger partial charge < -0.3 is 29.6 Å². The molecule has 0 amide bonds. The van der Waals surface area contributed by atoms with Gasteiger partial charge in [-0.2, -0.15) is 0 Å². The van der Waals surface area contributed by atoms with Crippen LogP contribution in [0.3, 0.4) is 0 Å². The van der Waals surface area contributed by atoms with Gasteiger partial charge in [0, 0.05) is 44.3 Å². The number of para-hydroxylation sites is 1. The highest BCUT2D eigenvalue weighted by atomic mass is 16.7. The van der Waals surface area contributed by atoms with Crippen LogP contribution in [0.2, 0.25) is 0 Å². The molecule has 2 aromatic rings. The van der Waals surface area contributed by atoms with Gasteiger partial charge in [-0.15, -0.1) is 0 Å². The van der Waals surface area contributed by atoms with Gasteiger partial charge in [0.2, 0.25) is 6.79 Å². The van der Waals surface area contributed by atoms with Crippen molar-refractivity contribution in [1.29, 1.82) is 0 Å². The SMILES string of the molecule is CCOc1ccccc1CNC(=NC)NCC1(c2ccc3c(c2)OCO3)CCOCC1. The van der Waals surface area contributed by atoms with E-state index in [4.69, 9.17) is 18.9 Å². The van der Waals surface area contributed by atoms with Crippen LogP contribution in [0.5, 0.6) is 17.2 Å². The fourth-order valence-electron chi connectivity index (χ4n) is 4.15. The molecule has 2 heterocycles. The molecule has 31 heavy (non-hydrogen) atoms. The number of nitrogens with zero attached hydrogens (tertiary/aromatic N) is 1. The Bertz CT molecular complexity index is 909. The number of hydrogen-bond donors (Lipinski definition) is 2. The van der Waals surface area contributed by atoms with E-state index in [-0.39, 0.29) is 12.2 Å². The van der Waals surface area contributed by atoms with Crippen LogP contribution in [0.4, 0.5) is 0 Å². The molecular formula is C24H31N3O4. The molecule has 0 aliphatic carbocycles. The highest BCUT2D eigenvalue weighted by molar-refractivity contribution is 5.79. The average Bonchev–Trinajstić information content (AvgIpc) is 3.29. The summed E-state index contributed by atoms with van der Waals surface area (Å²) < 4.78 is 22.5. The van der Waals surface area contributed by atoms with Gasteiger partial charge in [0.1, 0.15) is 5.75 Å². The van der Waals surface area contributed by atoms with Crippen molar-refractivity contribution >= 4 is 5.96 Å². The molecule has 4 rings (SSSR count). The van der Waals surface area contributed by atoms with E-state index in [0.717, 1.165) is 61.4 Å². The first-order valence-corrected chi connectivity index (χ1v) is 10.9. The number of hydrogen-bond acceptors (Lipinski definition) is 5. The van der Waals surface area contributed by atoms with Crippen LogP contribution >= 0.6 is 0 Å². The summed E-state index contributed by atoms with van der Waals surface area (Å²) in [6.07, 6.45) is 1.87. The zero-order valence-corrected chi connectivity index (χ0v) is 18.3. The first-order valence-electron chi connectivity index (χ1n) is 10.9. The highest BCUT2D eigenvalue weighted by Gasteiger charge is 2.35. The Morgan fingerprint density at radius 2 is 1.87 bits per heavy atom. The van der Waals surface area contributed by atoms with Crippen molar-refractivity contribution in [2.24, 2.45) is 4.99 Å². The molecule has 0 bridgehead atoms. The Hall–Kier alpha value is -2.93. The number of fused-ring (bicyclic) bond motifs is 1. The number of nitrogens with one attached hydrogen (secondary N) is 2. The third-order valence-corrected chi connectivity index (χ3v) is 5.97. The van der Waals surface area contributed by atoms with Crippen LogP contribution in [0.15, 0.2) is 47.5 Å². The summed E-state index contributed by atoms with van der Waals surface area (Å²) in [5, 5.41) is 6.96. The van der Waals surface area contributed by atoms with Gasteiger partial charge in [-0.05, 0) is 43.5 Å². The topological polar surface area (TPSA) is 73.3 Å². The van der Waals surface area contributed by atoms with Crippen molar-refractivity contribution in [3.8, 4) is 17.2 Å². The van der Waals surface area contributed by atoms with Gasteiger partial charge in [-0.25, -0.2) is 0 Å². The van der Waals surface area contributed by atoms with Gasteiger partial charge in [0.25, 0.3) is 0 Å². The molecule has 2 N–H and O–H groups in total. The number of rotatable bonds is 7. The largest absolute Gasteiger partial charge is 0.494 e. The van der Waals surface area contributed by atoms with Crippen LogP contribution in [-0.2, 0) is 16.7 Å². The predicted octanol–water partition coefficient (Wildman–Crippen LogP) is 3.23. The first kappa shape index (κ1) is 21.3. The van der Waals surface area contributed by atoms with E-state index in [1.165, 1.54) is 5.56 Å². The molecule has 0 atom stereocenters. The second-order valence-electron chi connectivity index (χ2n) is 7.78. The Morgan fingerprint density at radius 3 is 2.68 bits per heavy atom. The standard InChI is InChI=1S/C24H31N3O4/c1-3-29-20-7-5-4-6-18(20)15-26-23(25-2)27-16-24(10-12-28-13-11-24)19-8-9-21-22(14-19)31-17-30-21/h4-9,14H,3,10-13,15-17H2,1-2H3,(H2,25,26,27). The summed E-state index contributed by atoms with van der Waals surface area (Å²) in [5.74, 6) is 3.29. The minimum atomic E-state index is -0.0555. The number of guanidine groups is 1. The molecule has 2 aliphatic rings. The summed E-state index contributed by atoms with van der Waals surface area (Å²) in [6.45, 7) is 5.79. The van der Waals surface area contributed by atoms with Crippen molar-refractivity contribution in [3.05, 3.63) is 53.6 Å². The Kier molecular flexibility index (Phi) is 6.82. The van der Waals surface area contributed by atoms with Crippen LogP contribution < -0.4 is 24.8 Å². The van der Waals surface area contributed by atoms with Crippen molar-refractivity contribution in [2.45, 2.75) is 31.7 Å². The molecule has 0 saturated carbocycles. The van der Waals surface area contributed by atoms with Gasteiger partial charge in [0.05, 0.1) is 6.61 Å². The monoisotopic (exact) mass is 425 g/mol. The minimum absolute atomic E-state index is 0.0555. The van der Waals surface area contributed by atoms with E-state index < -0.39 is 0 Å². The molecule has 0 spiro atoms. The minimum Gasteiger partial charge on any atom is -0.494 e. The molecule has 2 aromatic carbocycles. The quantitative estimate of drug-likeness (QED) is 0.524. The predicted molar refractivity (Wildman–Crippen MR) is 120 cm³/mol. The van der Waals surface area contributed by atoms with E-state index >= 15 is 0 Å². The summed E-state index contributed by atoms with van der Waals surface area (Å²) >= 11 is 0. The summed E-state index contributed by atoms with van der Waals surface area (Å²) in [5.41, 5.74) is 2.29. The van der Waals surface area contributed by atoms with Gasteiger partial charge >= 0.3 is 0 Å². The maximum atomic E-state index is 5.73. The summed E-state index contributed by atoms with van der Waals surface area (Å²) in [4.78, 5) is 4.42. The van der Waals surface area contributed by atoms with Gasteiger partial charge in [-0.1, -0.05) is 24.3 Å². The second kappa shape index (κ2) is 9.92. The molecular weight excluding hydrogens is 394 g/mol. The zero-order valence-electron chi connectivity index (χ0n) is 18.3. The second-order valence-corrected chi connectivity index (χ2v) is 7.78. The van der Waals surface area contributed by atoms with E-state index in [1.54, 1.807) is 7.05 Å². The van der Waals surface area contributed by atoms with E-state index in [9.17, 15) is 0 Å². The first-order chi connectivity index (χ1) is 15.2. The Morgan fingerprint density at radius 1 is 1.06 bits per heavy atom. The molecule has 1 fully saturated rings. The van der Waals surface area contributed by atoms with Crippen LogP contribution in [0, 0.1) is 0 Å². The van der Waals surface area contributed by atoms with Gasteiger partial charge in [0.15, 0.2) is 17.5 Å².